The van der Waals surface area contributed by atoms with Crippen LogP contribution in [0, 0.1) is 5.92 Å². The molecule has 1 saturated carbocycles. The Morgan fingerprint density at radius 3 is 2.50 bits per heavy atom. The Kier molecular flexibility index (Phi) is 5.60. The Morgan fingerprint density at radius 1 is 1.20 bits per heavy atom. The van der Waals surface area contributed by atoms with Crippen LogP contribution in [0.5, 0.6) is 0 Å². The summed E-state index contributed by atoms with van der Waals surface area (Å²) in [6.07, 6.45) is 6.39. The highest BCUT2D eigenvalue weighted by Crippen LogP contribution is 2.26. The molecule has 3 heteroatoms. The Bertz CT molecular complexity index is 427. The summed E-state index contributed by atoms with van der Waals surface area (Å²) in [7, 11) is 0. The first-order chi connectivity index (χ1) is 9.69. The lowest BCUT2D eigenvalue weighted by Gasteiger charge is -2.28. The minimum Gasteiger partial charge on any atom is -0.466 e. The van der Waals surface area contributed by atoms with E-state index in [1.54, 1.807) is 0 Å². The number of rotatable bonds is 5. The van der Waals surface area contributed by atoms with E-state index >= 15 is 0 Å². The topological polar surface area (TPSA) is 52.3 Å². The van der Waals surface area contributed by atoms with Gasteiger partial charge in [0.15, 0.2) is 0 Å². The molecule has 0 amide bonds. The molecule has 0 bridgehead atoms. The van der Waals surface area contributed by atoms with Crippen LogP contribution in [0.25, 0.3) is 0 Å². The lowest BCUT2D eigenvalue weighted by molar-refractivity contribution is -0.142. The first-order valence-corrected chi connectivity index (χ1v) is 7.68. The second-order valence-corrected chi connectivity index (χ2v) is 5.71. The molecule has 1 aromatic carbocycles. The average molecular weight is 275 g/mol. The summed E-state index contributed by atoms with van der Waals surface area (Å²) in [5.41, 5.74) is 8.53. The summed E-state index contributed by atoms with van der Waals surface area (Å²) >= 11 is 0. The molecule has 0 spiro atoms. The van der Waals surface area contributed by atoms with Gasteiger partial charge in [0, 0.05) is 6.04 Å². The molecule has 1 aromatic rings. The molecule has 1 aliphatic rings. The largest absolute Gasteiger partial charge is 0.466 e. The number of carbonyl (C=O) groups is 1. The van der Waals surface area contributed by atoms with Crippen LogP contribution in [0.4, 0.5) is 0 Å². The van der Waals surface area contributed by atoms with E-state index in [9.17, 15) is 4.79 Å². The maximum atomic E-state index is 11.4. The van der Waals surface area contributed by atoms with Crippen LogP contribution in [0.3, 0.4) is 0 Å². The fourth-order valence-electron chi connectivity index (χ4n) is 2.96. The Balaban J connectivity index is 1.89. The Labute approximate surface area is 121 Å². The molecule has 3 nitrogen and oxygen atoms in total. The number of hydrogen-bond acceptors (Lipinski definition) is 3. The smallest absolute Gasteiger partial charge is 0.310 e. The number of carbonyl (C=O) groups excluding carboxylic acids is 1. The van der Waals surface area contributed by atoms with Crippen molar-refractivity contribution >= 4 is 5.97 Å². The van der Waals surface area contributed by atoms with Crippen molar-refractivity contribution < 1.29 is 9.53 Å². The van der Waals surface area contributed by atoms with Crippen LogP contribution in [0.15, 0.2) is 24.3 Å². The van der Waals surface area contributed by atoms with E-state index in [1.807, 2.05) is 19.1 Å². The van der Waals surface area contributed by atoms with Gasteiger partial charge in [-0.1, -0.05) is 37.1 Å². The normalized spacial score (nSPS) is 22.5. The monoisotopic (exact) mass is 275 g/mol. The molecule has 1 fully saturated rings. The van der Waals surface area contributed by atoms with Crippen molar-refractivity contribution in [3.63, 3.8) is 0 Å². The maximum Gasteiger partial charge on any atom is 0.310 e. The summed E-state index contributed by atoms with van der Waals surface area (Å²) in [4.78, 5) is 11.4. The summed E-state index contributed by atoms with van der Waals surface area (Å²) < 4.78 is 4.96. The van der Waals surface area contributed by atoms with Gasteiger partial charge in [-0.15, -0.1) is 0 Å². The number of esters is 1. The first kappa shape index (κ1) is 15.0. The molecule has 0 heterocycles. The molecule has 110 valence electrons. The third-order valence-corrected chi connectivity index (χ3v) is 4.14. The zero-order valence-electron chi connectivity index (χ0n) is 12.3. The van der Waals surface area contributed by atoms with E-state index in [0.29, 0.717) is 25.0 Å². The fraction of sp³-hybridized carbons (Fsp3) is 0.588. The molecule has 0 radical (unpaired) electrons. The van der Waals surface area contributed by atoms with E-state index < -0.39 is 0 Å². The highest BCUT2D eigenvalue weighted by atomic mass is 16.5. The molecule has 0 aromatic heterocycles. The lowest BCUT2D eigenvalue weighted by Crippen LogP contribution is -2.34. The van der Waals surface area contributed by atoms with Crippen LogP contribution in [0.1, 0.15) is 43.7 Å². The standard InChI is InChI=1S/C17H25NO2/c1-2-20-17(19)12-14-9-7-13(8-10-14)11-15-5-3-4-6-16(15)18/h7-10,15-16H,2-6,11-12,18H2,1H3. The van der Waals surface area contributed by atoms with Crippen LogP contribution >= 0.6 is 0 Å². The zero-order chi connectivity index (χ0) is 14.4. The number of ether oxygens (including phenoxy) is 1. The molecular formula is C17H25NO2. The summed E-state index contributed by atoms with van der Waals surface area (Å²) in [5, 5.41) is 0. The average Bonchev–Trinajstić information content (AvgIpc) is 2.44. The van der Waals surface area contributed by atoms with Gasteiger partial charge in [-0.25, -0.2) is 0 Å². The van der Waals surface area contributed by atoms with Crippen LogP contribution in [-0.4, -0.2) is 18.6 Å². The molecule has 2 N–H and O–H groups in total. The number of nitrogens with two attached hydrogens (primary N) is 1. The third kappa shape index (κ3) is 4.34. The van der Waals surface area contributed by atoms with Gasteiger partial charge in [-0.3, -0.25) is 4.79 Å². The minimum absolute atomic E-state index is 0.158. The summed E-state index contributed by atoms with van der Waals surface area (Å²) in [5.74, 6) is 0.453. The van der Waals surface area contributed by atoms with E-state index in [-0.39, 0.29) is 5.97 Å². The molecule has 2 atom stereocenters. The second-order valence-electron chi connectivity index (χ2n) is 5.71. The molecular weight excluding hydrogens is 250 g/mol. The Morgan fingerprint density at radius 2 is 1.85 bits per heavy atom. The Hall–Kier alpha value is -1.35. The van der Waals surface area contributed by atoms with Crippen molar-refractivity contribution in [3.05, 3.63) is 35.4 Å². The lowest BCUT2D eigenvalue weighted by atomic mass is 9.81. The van der Waals surface area contributed by atoms with E-state index in [1.165, 1.54) is 24.8 Å². The number of benzene rings is 1. The van der Waals surface area contributed by atoms with Gasteiger partial charge in [0.25, 0.3) is 0 Å². The predicted octanol–water partition coefficient (Wildman–Crippen LogP) is 2.85. The van der Waals surface area contributed by atoms with Crippen molar-refractivity contribution in [1.29, 1.82) is 0 Å². The van der Waals surface area contributed by atoms with Gasteiger partial charge in [-0.05, 0) is 43.2 Å². The van der Waals surface area contributed by atoms with Gasteiger partial charge in [0.05, 0.1) is 13.0 Å². The van der Waals surface area contributed by atoms with Gasteiger partial charge in [-0.2, -0.15) is 0 Å². The van der Waals surface area contributed by atoms with Crippen molar-refractivity contribution in [2.45, 2.75) is 51.5 Å². The highest BCUT2D eigenvalue weighted by Gasteiger charge is 2.21. The van der Waals surface area contributed by atoms with Gasteiger partial charge < -0.3 is 10.5 Å². The summed E-state index contributed by atoms with van der Waals surface area (Å²) in [6.45, 7) is 2.27. The predicted molar refractivity (Wildman–Crippen MR) is 80.4 cm³/mol. The van der Waals surface area contributed by atoms with E-state index in [0.717, 1.165) is 18.4 Å². The maximum absolute atomic E-state index is 11.4. The molecule has 0 saturated heterocycles. The highest BCUT2D eigenvalue weighted by molar-refractivity contribution is 5.72. The van der Waals surface area contributed by atoms with E-state index in [4.69, 9.17) is 10.5 Å². The fourth-order valence-corrected chi connectivity index (χ4v) is 2.96. The molecule has 2 rings (SSSR count). The first-order valence-electron chi connectivity index (χ1n) is 7.68. The minimum atomic E-state index is -0.158. The molecule has 1 aliphatic carbocycles. The van der Waals surface area contributed by atoms with Gasteiger partial charge in [0.1, 0.15) is 0 Å². The third-order valence-electron chi connectivity index (χ3n) is 4.14. The van der Waals surface area contributed by atoms with Gasteiger partial charge >= 0.3 is 5.97 Å². The SMILES string of the molecule is CCOC(=O)Cc1ccc(CC2CCCCC2N)cc1. The van der Waals surface area contributed by atoms with E-state index in [2.05, 4.69) is 12.1 Å². The zero-order valence-corrected chi connectivity index (χ0v) is 12.3. The van der Waals surface area contributed by atoms with Crippen molar-refractivity contribution in [1.82, 2.24) is 0 Å². The van der Waals surface area contributed by atoms with Crippen LogP contribution in [-0.2, 0) is 22.4 Å². The molecule has 2 unspecified atom stereocenters. The van der Waals surface area contributed by atoms with Crippen LogP contribution < -0.4 is 5.73 Å². The van der Waals surface area contributed by atoms with Gasteiger partial charge in [0.2, 0.25) is 0 Å². The van der Waals surface area contributed by atoms with Crippen molar-refractivity contribution in [3.8, 4) is 0 Å². The quantitative estimate of drug-likeness (QED) is 0.841. The van der Waals surface area contributed by atoms with Crippen molar-refractivity contribution in [2.24, 2.45) is 11.7 Å². The number of hydrogen-bond donors (Lipinski definition) is 1. The van der Waals surface area contributed by atoms with Crippen LogP contribution in [0.2, 0.25) is 0 Å². The second kappa shape index (κ2) is 7.44. The summed E-state index contributed by atoms with van der Waals surface area (Å²) in [6, 6.07) is 8.65. The molecule has 0 aliphatic heterocycles. The van der Waals surface area contributed by atoms with Crippen molar-refractivity contribution in [2.75, 3.05) is 6.61 Å². The molecule has 20 heavy (non-hydrogen) atoms.